The Bertz CT molecular complexity index is 435. The van der Waals surface area contributed by atoms with E-state index in [0.717, 1.165) is 6.07 Å². The van der Waals surface area contributed by atoms with Crippen LogP contribution in [0.2, 0.25) is 0 Å². The normalized spacial score (nSPS) is 11.7. The summed E-state index contributed by atoms with van der Waals surface area (Å²) in [4.78, 5) is 13.5. The van der Waals surface area contributed by atoms with Crippen molar-refractivity contribution in [3.05, 3.63) is 20.9 Å². The highest BCUT2D eigenvalue weighted by Gasteiger charge is 2.34. The third kappa shape index (κ3) is 3.75. The summed E-state index contributed by atoms with van der Waals surface area (Å²) in [6.07, 6.45) is -8.10. The van der Waals surface area contributed by atoms with Crippen molar-refractivity contribution in [2.75, 3.05) is 0 Å². The Hall–Kier alpha value is -1.00. The minimum absolute atomic E-state index is 0.0606. The number of hydrogen-bond donors (Lipinski definition) is 0. The van der Waals surface area contributed by atoms with Gasteiger partial charge in [0.05, 0.1) is 5.56 Å². The van der Waals surface area contributed by atoms with Crippen molar-refractivity contribution in [2.24, 2.45) is 0 Å². The zero-order chi connectivity index (χ0) is 13.2. The van der Waals surface area contributed by atoms with Gasteiger partial charge in [0.1, 0.15) is 5.69 Å². The number of rotatable bonds is 3. The van der Waals surface area contributed by atoms with Gasteiger partial charge in [0, 0.05) is 3.57 Å². The fourth-order valence-corrected chi connectivity index (χ4v) is 1.60. The number of nitrogens with zero attached hydrogens (tertiary/aromatic N) is 1. The average molecular weight is 367 g/mol. The molecule has 0 aliphatic heterocycles. The number of carbonyl (C=O) groups is 1. The predicted molar refractivity (Wildman–Crippen MR) is 54.0 cm³/mol. The average Bonchev–Trinajstić information content (AvgIpc) is 2.14. The highest BCUT2D eigenvalue weighted by atomic mass is 127. The summed E-state index contributed by atoms with van der Waals surface area (Å²) in [6, 6.07) is 0.818. The molecule has 0 aliphatic rings. The molecule has 1 heterocycles. The SMILES string of the molecule is O=Cc1c(I)cc(C(F)F)nc1OC(F)(F)F. The molecule has 0 saturated carbocycles. The molecule has 0 aromatic carbocycles. The van der Waals surface area contributed by atoms with E-state index in [1.807, 2.05) is 0 Å². The van der Waals surface area contributed by atoms with Crippen LogP contribution in [0.5, 0.6) is 5.88 Å². The fourth-order valence-electron chi connectivity index (χ4n) is 0.925. The lowest BCUT2D eigenvalue weighted by Crippen LogP contribution is -2.20. The van der Waals surface area contributed by atoms with Gasteiger partial charge in [-0.15, -0.1) is 13.2 Å². The topological polar surface area (TPSA) is 39.2 Å². The molecule has 0 amide bonds. The Balaban J connectivity index is 3.29. The van der Waals surface area contributed by atoms with Crippen molar-refractivity contribution >= 4 is 28.9 Å². The van der Waals surface area contributed by atoms with E-state index in [9.17, 15) is 26.7 Å². The van der Waals surface area contributed by atoms with E-state index in [1.165, 1.54) is 22.6 Å². The Kier molecular flexibility index (Phi) is 4.22. The van der Waals surface area contributed by atoms with Gasteiger partial charge in [0.25, 0.3) is 6.43 Å². The minimum atomic E-state index is -5.10. The highest BCUT2D eigenvalue weighted by molar-refractivity contribution is 14.1. The van der Waals surface area contributed by atoms with Crippen LogP contribution in [0.1, 0.15) is 22.5 Å². The summed E-state index contributed by atoms with van der Waals surface area (Å²) in [5.74, 6) is -1.17. The number of alkyl halides is 5. The van der Waals surface area contributed by atoms with Crippen molar-refractivity contribution < 1.29 is 31.5 Å². The van der Waals surface area contributed by atoms with E-state index in [1.54, 1.807) is 0 Å². The van der Waals surface area contributed by atoms with Crippen LogP contribution >= 0.6 is 22.6 Å². The number of pyridine rings is 1. The molecule has 0 saturated heterocycles. The van der Waals surface area contributed by atoms with Gasteiger partial charge in [-0.2, -0.15) is 0 Å². The number of aldehydes is 1. The maximum absolute atomic E-state index is 12.3. The van der Waals surface area contributed by atoms with Gasteiger partial charge in [0.15, 0.2) is 6.29 Å². The molecule has 0 bridgehead atoms. The lowest BCUT2D eigenvalue weighted by atomic mass is 10.2. The summed E-state index contributed by atoms with van der Waals surface area (Å²) in [6.45, 7) is 0. The second kappa shape index (κ2) is 5.10. The minimum Gasteiger partial charge on any atom is -0.387 e. The second-order valence-electron chi connectivity index (χ2n) is 2.71. The Morgan fingerprint density at radius 1 is 1.41 bits per heavy atom. The lowest BCUT2D eigenvalue weighted by molar-refractivity contribution is -0.276. The van der Waals surface area contributed by atoms with Crippen LogP contribution < -0.4 is 4.74 Å². The number of aromatic nitrogens is 1. The molecule has 3 nitrogen and oxygen atoms in total. The van der Waals surface area contributed by atoms with Crippen LogP contribution in [0.25, 0.3) is 0 Å². The Morgan fingerprint density at radius 3 is 2.41 bits per heavy atom. The molecule has 1 aromatic rings. The van der Waals surface area contributed by atoms with Crippen molar-refractivity contribution in [3.8, 4) is 5.88 Å². The van der Waals surface area contributed by atoms with E-state index >= 15 is 0 Å². The first-order chi connectivity index (χ1) is 7.74. The molecule has 0 N–H and O–H groups in total. The first-order valence-corrected chi connectivity index (χ1v) is 5.02. The molecular weight excluding hydrogens is 364 g/mol. The smallest absolute Gasteiger partial charge is 0.387 e. The van der Waals surface area contributed by atoms with Gasteiger partial charge in [-0.1, -0.05) is 0 Å². The summed E-state index contributed by atoms with van der Waals surface area (Å²) in [7, 11) is 0. The highest BCUT2D eigenvalue weighted by Crippen LogP contribution is 2.30. The van der Waals surface area contributed by atoms with Crippen molar-refractivity contribution in [1.82, 2.24) is 4.98 Å². The van der Waals surface area contributed by atoms with Crippen LogP contribution in [0, 0.1) is 3.57 Å². The van der Waals surface area contributed by atoms with Crippen LogP contribution in [0.3, 0.4) is 0 Å². The van der Waals surface area contributed by atoms with Crippen LogP contribution in [0.15, 0.2) is 6.07 Å². The third-order valence-corrected chi connectivity index (χ3v) is 2.44. The molecule has 94 valence electrons. The van der Waals surface area contributed by atoms with E-state index < -0.39 is 29.9 Å². The van der Waals surface area contributed by atoms with E-state index in [0.29, 0.717) is 0 Å². The number of carbonyl (C=O) groups excluding carboxylic acids is 1. The molecule has 0 atom stereocenters. The fraction of sp³-hybridized carbons (Fsp3) is 0.250. The maximum Gasteiger partial charge on any atom is 0.574 e. The number of halogens is 6. The number of hydrogen-bond acceptors (Lipinski definition) is 3. The lowest BCUT2D eigenvalue weighted by Gasteiger charge is -2.12. The summed E-state index contributed by atoms with van der Waals surface area (Å²) >= 11 is 1.44. The molecule has 0 spiro atoms. The van der Waals surface area contributed by atoms with Crippen molar-refractivity contribution in [2.45, 2.75) is 12.8 Å². The summed E-state index contributed by atoms with van der Waals surface area (Å²) < 4.78 is 63.8. The van der Waals surface area contributed by atoms with Gasteiger partial charge in [-0.05, 0) is 28.7 Å². The summed E-state index contributed by atoms with van der Waals surface area (Å²) in [5, 5.41) is 0. The molecule has 0 radical (unpaired) electrons. The molecule has 17 heavy (non-hydrogen) atoms. The molecule has 1 aromatic heterocycles. The van der Waals surface area contributed by atoms with Gasteiger partial charge in [-0.25, -0.2) is 13.8 Å². The van der Waals surface area contributed by atoms with Crippen molar-refractivity contribution in [1.29, 1.82) is 0 Å². The first-order valence-electron chi connectivity index (χ1n) is 3.94. The Labute approximate surface area is 105 Å². The van der Waals surface area contributed by atoms with Gasteiger partial charge >= 0.3 is 6.36 Å². The van der Waals surface area contributed by atoms with Gasteiger partial charge in [0.2, 0.25) is 5.88 Å². The first kappa shape index (κ1) is 14.1. The monoisotopic (exact) mass is 367 g/mol. The quantitative estimate of drug-likeness (QED) is 0.468. The van der Waals surface area contributed by atoms with Crippen molar-refractivity contribution in [3.63, 3.8) is 0 Å². The molecular formula is C8H3F5INO2. The van der Waals surface area contributed by atoms with Gasteiger partial charge < -0.3 is 4.74 Å². The molecule has 0 fully saturated rings. The van der Waals surface area contributed by atoms with Crippen LogP contribution in [0.4, 0.5) is 22.0 Å². The predicted octanol–water partition coefficient (Wildman–Crippen LogP) is 3.33. The van der Waals surface area contributed by atoms with Gasteiger partial charge in [-0.3, -0.25) is 4.79 Å². The summed E-state index contributed by atoms with van der Waals surface area (Å²) in [5.41, 5.74) is -1.41. The molecule has 9 heteroatoms. The van der Waals surface area contributed by atoms with E-state index in [2.05, 4.69) is 9.72 Å². The van der Waals surface area contributed by atoms with E-state index in [4.69, 9.17) is 0 Å². The van der Waals surface area contributed by atoms with Crippen LogP contribution in [-0.2, 0) is 0 Å². The largest absolute Gasteiger partial charge is 0.574 e. The molecule has 1 rings (SSSR count). The zero-order valence-electron chi connectivity index (χ0n) is 7.76. The van der Waals surface area contributed by atoms with Crippen LogP contribution in [-0.4, -0.2) is 17.6 Å². The third-order valence-electron chi connectivity index (χ3n) is 1.55. The van der Waals surface area contributed by atoms with E-state index in [-0.39, 0.29) is 9.86 Å². The number of ether oxygens (including phenoxy) is 1. The zero-order valence-corrected chi connectivity index (χ0v) is 9.92. The molecule has 0 unspecified atom stereocenters. The maximum atomic E-state index is 12.3. The Morgan fingerprint density at radius 2 is 2.00 bits per heavy atom. The molecule has 0 aliphatic carbocycles. The standard InChI is InChI=1S/C8H3F5INO2/c9-6(10)5-1-4(14)3(2-16)7(15-5)17-8(11,12)13/h1-2,6H. The second-order valence-corrected chi connectivity index (χ2v) is 3.88.